The van der Waals surface area contributed by atoms with Gasteiger partial charge in [-0.2, -0.15) is 0 Å². The minimum Gasteiger partial charge on any atom is -0.489 e. The van der Waals surface area contributed by atoms with Gasteiger partial charge in [-0.25, -0.2) is 0 Å². The van der Waals surface area contributed by atoms with Gasteiger partial charge >= 0.3 is 0 Å². The lowest BCUT2D eigenvalue weighted by Crippen LogP contribution is -2.32. The highest BCUT2D eigenvalue weighted by molar-refractivity contribution is 5.75. The van der Waals surface area contributed by atoms with Crippen molar-refractivity contribution >= 4 is 5.91 Å². The third-order valence-electron chi connectivity index (χ3n) is 4.23. The standard InChI is InChI=1S/C23H26N2O3/c1-4-13-25(3)20(5-2)14-18-9-11-21(12-10-18)27-16-19-7-6-8-22(15-19)28-17-23(24)26/h1,5-12,15,20H,2,13-14,16-17H2,3H3,(H2,24,26). The van der Waals surface area contributed by atoms with Gasteiger partial charge in [0.25, 0.3) is 5.91 Å². The molecule has 1 unspecified atom stereocenters. The van der Waals surface area contributed by atoms with Crippen LogP contribution in [0.1, 0.15) is 11.1 Å². The fraction of sp³-hybridized carbons (Fsp3) is 0.261. The molecule has 28 heavy (non-hydrogen) atoms. The number of amides is 1. The van der Waals surface area contributed by atoms with E-state index in [9.17, 15) is 4.79 Å². The minimum absolute atomic E-state index is 0.145. The second-order valence-corrected chi connectivity index (χ2v) is 6.46. The maximum absolute atomic E-state index is 10.8. The number of ether oxygens (including phenoxy) is 2. The summed E-state index contributed by atoms with van der Waals surface area (Å²) in [4.78, 5) is 12.9. The molecule has 0 heterocycles. The normalized spacial score (nSPS) is 11.5. The first kappa shape index (κ1) is 21.1. The van der Waals surface area contributed by atoms with E-state index in [1.165, 1.54) is 5.56 Å². The van der Waals surface area contributed by atoms with Gasteiger partial charge in [0.15, 0.2) is 6.61 Å². The predicted octanol–water partition coefficient (Wildman–Crippen LogP) is 2.79. The molecule has 5 nitrogen and oxygen atoms in total. The van der Waals surface area contributed by atoms with Crippen LogP contribution in [0.25, 0.3) is 0 Å². The summed E-state index contributed by atoms with van der Waals surface area (Å²) in [6, 6.07) is 15.5. The number of likely N-dealkylation sites (N-methyl/N-ethyl adjacent to an activating group) is 1. The third kappa shape index (κ3) is 6.82. The van der Waals surface area contributed by atoms with Gasteiger partial charge in [-0.3, -0.25) is 9.69 Å². The lowest BCUT2D eigenvalue weighted by molar-refractivity contribution is -0.119. The number of terminal acetylenes is 1. The SMILES string of the molecule is C#CCN(C)C(C=C)Cc1ccc(OCc2cccc(OCC(N)=O)c2)cc1. The third-order valence-corrected chi connectivity index (χ3v) is 4.23. The monoisotopic (exact) mass is 378 g/mol. The van der Waals surface area contributed by atoms with Gasteiger partial charge in [0, 0.05) is 6.04 Å². The van der Waals surface area contributed by atoms with Crippen molar-refractivity contribution in [1.29, 1.82) is 0 Å². The van der Waals surface area contributed by atoms with Crippen molar-refractivity contribution in [1.82, 2.24) is 4.90 Å². The highest BCUT2D eigenvalue weighted by Crippen LogP contribution is 2.18. The number of carbonyl (C=O) groups is 1. The van der Waals surface area contributed by atoms with Gasteiger partial charge in [-0.05, 0) is 48.9 Å². The number of primary amides is 1. The molecular formula is C23H26N2O3. The molecule has 0 saturated heterocycles. The van der Waals surface area contributed by atoms with E-state index in [0.29, 0.717) is 18.9 Å². The second kappa shape index (κ2) is 10.8. The predicted molar refractivity (Wildman–Crippen MR) is 111 cm³/mol. The maximum Gasteiger partial charge on any atom is 0.255 e. The average molecular weight is 378 g/mol. The number of hydrogen-bond donors (Lipinski definition) is 1. The van der Waals surface area contributed by atoms with Crippen LogP contribution in [0.5, 0.6) is 11.5 Å². The van der Waals surface area contributed by atoms with Crippen LogP contribution >= 0.6 is 0 Å². The first-order valence-electron chi connectivity index (χ1n) is 9.00. The largest absolute Gasteiger partial charge is 0.489 e. The molecule has 5 heteroatoms. The van der Waals surface area contributed by atoms with Gasteiger partial charge in [0.05, 0.1) is 6.54 Å². The molecule has 2 aromatic carbocycles. The van der Waals surface area contributed by atoms with Gasteiger partial charge in [-0.15, -0.1) is 13.0 Å². The van der Waals surface area contributed by atoms with Crippen molar-refractivity contribution in [2.45, 2.75) is 19.1 Å². The quantitative estimate of drug-likeness (QED) is 0.482. The van der Waals surface area contributed by atoms with Crippen LogP contribution in [-0.4, -0.2) is 37.0 Å². The van der Waals surface area contributed by atoms with Gasteiger partial charge < -0.3 is 15.2 Å². The van der Waals surface area contributed by atoms with Crippen molar-refractivity contribution in [3.63, 3.8) is 0 Å². The number of rotatable bonds is 11. The number of nitrogens with zero attached hydrogens (tertiary/aromatic N) is 1. The molecule has 0 radical (unpaired) electrons. The van der Waals surface area contributed by atoms with E-state index in [4.69, 9.17) is 21.6 Å². The lowest BCUT2D eigenvalue weighted by atomic mass is 10.0. The Bertz CT molecular complexity index is 824. The van der Waals surface area contributed by atoms with Gasteiger partial charge in [0.2, 0.25) is 0 Å². The Labute approximate surface area is 166 Å². The zero-order valence-corrected chi connectivity index (χ0v) is 16.1. The van der Waals surface area contributed by atoms with Crippen molar-refractivity contribution in [2.24, 2.45) is 5.73 Å². The van der Waals surface area contributed by atoms with Crippen LogP contribution in [0.15, 0.2) is 61.2 Å². The first-order chi connectivity index (χ1) is 13.5. The lowest BCUT2D eigenvalue weighted by Gasteiger charge is -2.23. The summed E-state index contributed by atoms with van der Waals surface area (Å²) in [5, 5.41) is 0. The molecule has 146 valence electrons. The molecule has 1 amide bonds. The zero-order valence-electron chi connectivity index (χ0n) is 16.1. The summed E-state index contributed by atoms with van der Waals surface area (Å²) in [7, 11) is 1.99. The molecule has 0 aliphatic carbocycles. The Morgan fingerprint density at radius 1 is 1.21 bits per heavy atom. The highest BCUT2D eigenvalue weighted by atomic mass is 16.5. The van der Waals surface area contributed by atoms with Gasteiger partial charge in [-0.1, -0.05) is 36.3 Å². The second-order valence-electron chi connectivity index (χ2n) is 6.46. The smallest absolute Gasteiger partial charge is 0.255 e. The van der Waals surface area contributed by atoms with E-state index >= 15 is 0 Å². The van der Waals surface area contributed by atoms with Crippen LogP contribution < -0.4 is 15.2 Å². The van der Waals surface area contributed by atoms with Crippen LogP contribution in [0.3, 0.4) is 0 Å². The molecule has 0 bridgehead atoms. The van der Waals surface area contributed by atoms with Crippen molar-refractivity contribution < 1.29 is 14.3 Å². The summed E-state index contributed by atoms with van der Waals surface area (Å²) < 4.78 is 11.1. The topological polar surface area (TPSA) is 64.8 Å². The van der Waals surface area contributed by atoms with E-state index in [-0.39, 0.29) is 12.6 Å². The molecule has 0 spiro atoms. The van der Waals surface area contributed by atoms with E-state index in [0.717, 1.165) is 17.7 Å². The molecule has 0 aromatic heterocycles. The van der Waals surface area contributed by atoms with Crippen LogP contribution in [0.2, 0.25) is 0 Å². The molecule has 2 N–H and O–H groups in total. The van der Waals surface area contributed by atoms with Crippen LogP contribution in [-0.2, 0) is 17.8 Å². The van der Waals surface area contributed by atoms with E-state index in [1.54, 1.807) is 6.07 Å². The highest BCUT2D eigenvalue weighted by Gasteiger charge is 2.11. The van der Waals surface area contributed by atoms with E-state index in [2.05, 4.69) is 17.4 Å². The molecule has 2 rings (SSSR count). The molecule has 0 fully saturated rings. The van der Waals surface area contributed by atoms with Crippen molar-refractivity contribution in [3.8, 4) is 23.8 Å². The Kier molecular flexibility index (Phi) is 8.13. The number of carbonyl (C=O) groups excluding carboxylic acids is 1. The Balaban J connectivity index is 1.90. The molecule has 0 aliphatic rings. The fourth-order valence-electron chi connectivity index (χ4n) is 2.69. The Hall–Kier alpha value is -3.23. The van der Waals surface area contributed by atoms with Crippen molar-refractivity contribution in [3.05, 3.63) is 72.3 Å². The minimum atomic E-state index is -0.508. The number of benzene rings is 2. The molecule has 1 atom stereocenters. The fourth-order valence-corrected chi connectivity index (χ4v) is 2.69. The zero-order chi connectivity index (χ0) is 20.4. The molecular weight excluding hydrogens is 352 g/mol. The summed E-state index contributed by atoms with van der Waals surface area (Å²) in [6.45, 7) is 4.73. The number of nitrogens with two attached hydrogens (primary N) is 1. The van der Waals surface area contributed by atoms with Crippen LogP contribution in [0.4, 0.5) is 0 Å². The van der Waals surface area contributed by atoms with E-state index in [1.807, 2.05) is 55.6 Å². The number of hydrogen-bond acceptors (Lipinski definition) is 4. The summed E-state index contributed by atoms with van der Waals surface area (Å²) >= 11 is 0. The summed E-state index contributed by atoms with van der Waals surface area (Å²) in [5.41, 5.74) is 7.21. The Morgan fingerprint density at radius 3 is 2.61 bits per heavy atom. The maximum atomic E-state index is 10.8. The summed E-state index contributed by atoms with van der Waals surface area (Å²) in [5.74, 6) is 3.51. The Morgan fingerprint density at radius 2 is 1.96 bits per heavy atom. The van der Waals surface area contributed by atoms with Gasteiger partial charge in [0.1, 0.15) is 18.1 Å². The molecule has 0 aliphatic heterocycles. The molecule has 0 saturated carbocycles. The summed E-state index contributed by atoms with van der Waals surface area (Å²) in [6.07, 6.45) is 8.13. The van der Waals surface area contributed by atoms with Crippen LogP contribution in [0, 0.1) is 12.3 Å². The average Bonchev–Trinajstić information content (AvgIpc) is 2.70. The molecule has 2 aromatic rings. The van der Waals surface area contributed by atoms with E-state index < -0.39 is 5.91 Å². The first-order valence-corrected chi connectivity index (χ1v) is 9.00. The van der Waals surface area contributed by atoms with Crippen molar-refractivity contribution in [2.75, 3.05) is 20.2 Å².